The van der Waals surface area contributed by atoms with Gasteiger partial charge in [-0.1, -0.05) is 0 Å². The molecule has 0 bridgehead atoms. The lowest BCUT2D eigenvalue weighted by Crippen LogP contribution is -2.18. The van der Waals surface area contributed by atoms with Gasteiger partial charge < -0.3 is 0 Å². The van der Waals surface area contributed by atoms with Gasteiger partial charge in [-0.2, -0.15) is 4.99 Å². The van der Waals surface area contributed by atoms with Crippen molar-refractivity contribution in [2.45, 2.75) is 4.90 Å². The topological polar surface area (TPSA) is 58.5 Å². The Hall–Kier alpha value is -1.07. The lowest BCUT2D eigenvalue weighted by atomic mass is 10.3. The van der Waals surface area contributed by atoms with E-state index in [9.17, 15) is 8.42 Å². The van der Waals surface area contributed by atoms with Crippen molar-refractivity contribution in [1.82, 2.24) is 4.72 Å². The SMILES string of the molecule is CNS(=O)(=O)c1ccc(N=C=S)cc1. The van der Waals surface area contributed by atoms with Crippen molar-refractivity contribution in [3.63, 3.8) is 0 Å². The maximum Gasteiger partial charge on any atom is 0.240 e. The Morgan fingerprint density at radius 3 is 2.36 bits per heavy atom. The van der Waals surface area contributed by atoms with Crippen molar-refractivity contribution in [2.24, 2.45) is 4.99 Å². The minimum absolute atomic E-state index is 0.198. The Kier molecular flexibility index (Phi) is 3.49. The van der Waals surface area contributed by atoms with Crippen LogP contribution in [0.25, 0.3) is 0 Å². The first-order chi connectivity index (χ1) is 6.60. The van der Waals surface area contributed by atoms with Crippen LogP contribution in [-0.2, 0) is 10.0 Å². The Morgan fingerprint density at radius 2 is 1.93 bits per heavy atom. The number of hydrogen-bond acceptors (Lipinski definition) is 4. The highest BCUT2D eigenvalue weighted by molar-refractivity contribution is 7.89. The summed E-state index contributed by atoms with van der Waals surface area (Å²) in [5.41, 5.74) is 0.579. The molecule has 0 aliphatic rings. The van der Waals surface area contributed by atoms with Crippen LogP contribution in [0.5, 0.6) is 0 Å². The third kappa shape index (κ3) is 2.46. The van der Waals surface area contributed by atoms with Crippen molar-refractivity contribution in [2.75, 3.05) is 7.05 Å². The standard InChI is InChI=1S/C8H8N2O2S2/c1-9-14(11,12)8-4-2-7(3-5-8)10-6-13/h2-5,9H,1H3. The predicted molar refractivity (Wildman–Crippen MR) is 57.4 cm³/mol. The second kappa shape index (κ2) is 4.43. The summed E-state index contributed by atoms with van der Waals surface area (Å²) in [4.78, 5) is 3.90. The molecule has 0 saturated carbocycles. The smallest absolute Gasteiger partial charge is 0.214 e. The molecule has 0 unspecified atom stereocenters. The van der Waals surface area contributed by atoms with Gasteiger partial charge in [-0.3, -0.25) is 0 Å². The predicted octanol–water partition coefficient (Wildman–Crippen LogP) is 1.33. The maximum atomic E-state index is 11.3. The number of sulfonamides is 1. The molecule has 1 rings (SSSR count). The van der Waals surface area contributed by atoms with Crippen molar-refractivity contribution < 1.29 is 8.42 Å². The summed E-state index contributed by atoms with van der Waals surface area (Å²) in [5.74, 6) is 0. The van der Waals surface area contributed by atoms with Crippen LogP contribution >= 0.6 is 12.2 Å². The summed E-state index contributed by atoms with van der Waals surface area (Å²) < 4.78 is 24.8. The Balaban J connectivity index is 3.12. The lowest BCUT2D eigenvalue weighted by Gasteiger charge is -2.01. The zero-order valence-corrected chi connectivity index (χ0v) is 9.02. The van der Waals surface area contributed by atoms with Crippen LogP contribution in [0.1, 0.15) is 0 Å². The number of hydrogen-bond donors (Lipinski definition) is 1. The molecule has 74 valence electrons. The summed E-state index contributed by atoms with van der Waals surface area (Å²) in [5, 5.41) is 2.20. The van der Waals surface area contributed by atoms with Crippen molar-refractivity contribution in [3.05, 3.63) is 24.3 Å². The number of isothiocyanates is 1. The van der Waals surface area contributed by atoms with Crippen molar-refractivity contribution in [1.29, 1.82) is 0 Å². The van der Waals surface area contributed by atoms with Gasteiger partial charge in [0.05, 0.1) is 15.7 Å². The monoisotopic (exact) mass is 228 g/mol. The average Bonchev–Trinajstić information content (AvgIpc) is 2.19. The van der Waals surface area contributed by atoms with Crippen LogP contribution in [0.3, 0.4) is 0 Å². The molecular formula is C8H8N2O2S2. The second-order valence-electron chi connectivity index (χ2n) is 2.40. The van der Waals surface area contributed by atoms with Gasteiger partial charge in [0.1, 0.15) is 0 Å². The van der Waals surface area contributed by atoms with Crippen LogP contribution in [0, 0.1) is 0 Å². The summed E-state index contributed by atoms with van der Waals surface area (Å²) in [7, 11) is -2.01. The molecule has 4 nitrogen and oxygen atoms in total. The molecule has 1 N–H and O–H groups in total. The van der Waals surface area contributed by atoms with Gasteiger partial charge in [0.2, 0.25) is 10.0 Å². The molecule has 0 radical (unpaired) electrons. The number of rotatable bonds is 3. The molecule has 0 aromatic heterocycles. The van der Waals surface area contributed by atoms with Crippen LogP contribution in [0.2, 0.25) is 0 Å². The average molecular weight is 228 g/mol. The lowest BCUT2D eigenvalue weighted by molar-refractivity contribution is 0.588. The van der Waals surface area contributed by atoms with Crippen LogP contribution < -0.4 is 4.72 Å². The van der Waals surface area contributed by atoms with E-state index >= 15 is 0 Å². The fraction of sp³-hybridized carbons (Fsp3) is 0.125. The number of nitrogens with zero attached hydrogens (tertiary/aromatic N) is 1. The molecule has 1 aromatic rings. The van der Waals surface area contributed by atoms with Gasteiger partial charge in [0.25, 0.3) is 0 Å². The molecular weight excluding hydrogens is 220 g/mol. The van der Waals surface area contributed by atoms with E-state index in [0.29, 0.717) is 5.69 Å². The molecule has 1 aromatic carbocycles. The largest absolute Gasteiger partial charge is 0.240 e. The van der Waals surface area contributed by atoms with E-state index < -0.39 is 10.0 Å². The first-order valence-corrected chi connectivity index (χ1v) is 5.61. The fourth-order valence-corrected chi connectivity index (χ4v) is 1.71. The van der Waals surface area contributed by atoms with Gasteiger partial charge in [0.15, 0.2) is 0 Å². The van der Waals surface area contributed by atoms with E-state index in [1.807, 2.05) is 0 Å². The molecule has 0 aliphatic heterocycles. The highest BCUT2D eigenvalue weighted by Gasteiger charge is 2.09. The molecule has 0 spiro atoms. The van der Waals surface area contributed by atoms with Crippen molar-refractivity contribution >= 4 is 33.1 Å². The van der Waals surface area contributed by atoms with Crippen LogP contribution in [-0.4, -0.2) is 20.6 Å². The van der Waals surface area contributed by atoms with E-state index in [0.717, 1.165) is 0 Å². The number of benzene rings is 1. The van der Waals surface area contributed by atoms with Crippen molar-refractivity contribution in [3.8, 4) is 0 Å². The van der Waals surface area contributed by atoms with Crippen LogP contribution in [0.15, 0.2) is 34.2 Å². The summed E-state index contributed by atoms with van der Waals surface area (Å²) in [6.45, 7) is 0. The molecule has 0 atom stereocenters. The van der Waals surface area contributed by atoms with Gasteiger partial charge in [-0.25, -0.2) is 13.1 Å². The molecule has 0 amide bonds. The summed E-state index contributed by atoms with van der Waals surface area (Å²) in [6.07, 6.45) is 0. The summed E-state index contributed by atoms with van der Waals surface area (Å²) >= 11 is 4.42. The van der Waals surface area contributed by atoms with Gasteiger partial charge in [0, 0.05) is 0 Å². The molecule has 6 heteroatoms. The van der Waals surface area contributed by atoms with Gasteiger partial charge in [-0.05, 0) is 43.5 Å². The van der Waals surface area contributed by atoms with Gasteiger partial charge in [-0.15, -0.1) is 0 Å². The molecule has 0 aliphatic carbocycles. The van der Waals surface area contributed by atoms with Crippen LogP contribution in [0.4, 0.5) is 5.69 Å². The highest BCUT2D eigenvalue weighted by Crippen LogP contribution is 2.15. The zero-order valence-electron chi connectivity index (χ0n) is 7.39. The Bertz CT molecular complexity index is 459. The third-order valence-corrected chi connectivity index (χ3v) is 3.11. The van der Waals surface area contributed by atoms with Gasteiger partial charge >= 0.3 is 0 Å². The minimum atomic E-state index is -3.37. The fourth-order valence-electron chi connectivity index (χ4n) is 0.870. The highest BCUT2D eigenvalue weighted by atomic mass is 32.2. The summed E-state index contributed by atoms with van der Waals surface area (Å²) in [6, 6.07) is 6.03. The normalized spacial score (nSPS) is 10.6. The van der Waals surface area contributed by atoms with E-state index in [1.165, 1.54) is 19.2 Å². The molecule has 0 heterocycles. The third-order valence-electron chi connectivity index (χ3n) is 1.59. The first-order valence-electron chi connectivity index (χ1n) is 3.71. The van der Waals surface area contributed by atoms with E-state index in [-0.39, 0.29) is 4.90 Å². The minimum Gasteiger partial charge on any atom is -0.214 e. The number of thiocarbonyl (C=S) groups is 1. The van der Waals surface area contributed by atoms with E-state index in [4.69, 9.17) is 0 Å². The Labute approximate surface area is 87.7 Å². The molecule has 14 heavy (non-hydrogen) atoms. The molecule has 0 saturated heterocycles. The quantitative estimate of drug-likeness (QED) is 0.627. The zero-order chi connectivity index (χ0) is 10.6. The maximum absolute atomic E-state index is 11.3. The molecule has 0 fully saturated rings. The first kappa shape index (κ1) is 11.0. The van der Waals surface area contributed by atoms with E-state index in [1.54, 1.807) is 12.1 Å². The Morgan fingerprint density at radius 1 is 1.36 bits per heavy atom. The van der Waals surface area contributed by atoms with E-state index in [2.05, 4.69) is 27.1 Å². The second-order valence-corrected chi connectivity index (χ2v) is 4.47. The number of nitrogens with one attached hydrogen (secondary N) is 1. The number of aliphatic imine (C=N–C) groups is 1.